The Labute approximate surface area is 176 Å². The molecule has 0 atom stereocenters. The van der Waals surface area contributed by atoms with Gasteiger partial charge >= 0.3 is 5.97 Å². The van der Waals surface area contributed by atoms with Gasteiger partial charge < -0.3 is 10.1 Å². The van der Waals surface area contributed by atoms with E-state index in [1.807, 2.05) is 6.92 Å². The molecule has 1 aliphatic rings. The molecule has 1 saturated carbocycles. The van der Waals surface area contributed by atoms with E-state index in [0.29, 0.717) is 14.9 Å². The van der Waals surface area contributed by atoms with Crippen molar-refractivity contribution < 1.29 is 14.3 Å². The zero-order valence-electron chi connectivity index (χ0n) is 14.6. The molecule has 144 valence electrons. The number of thiophene rings is 1. The highest BCUT2D eigenvalue weighted by atomic mass is 35.5. The smallest absolute Gasteiger partial charge is 0.353 e. The maximum atomic E-state index is 12.7. The second-order valence-electron chi connectivity index (χ2n) is 6.81. The third kappa shape index (κ3) is 4.60. The number of rotatable bonds is 4. The highest BCUT2D eigenvalue weighted by Gasteiger charge is 2.35. The van der Waals surface area contributed by atoms with Gasteiger partial charge in [0.05, 0.1) is 15.0 Å². The summed E-state index contributed by atoms with van der Waals surface area (Å²) in [5.74, 6) is -0.521. The van der Waals surface area contributed by atoms with Crippen molar-refractivity contribution in [3.8, 4) is 5.75 Å². The molecule has 0 spiro atoms. The van der Waals surface area contributed by atoms with Gasteiger partial charge in [-0.3, -0.25) is 4.79 Å². The molecule has 1 fully saturated rings. The molecule has 27 heavy (non-hydrogen) atoms. The lowest BCUT2D eigenvalue weighted by molar-refractivity contribution is -0.126. The molecule has 8 heteroatoms. The van der Waals surface area contributed by atoms with E-state index in [1.54, 1.807) is 18.2 Å². The van der Waals surface area contributed by atoms with Crippen LogP contribution in [0.2, 0.25) is 14.4 Å². The second kappa shape index (κ2) is 8.39. The van der Waals surface area contributed by atoms with Gasteiger partial charge in [-0.05, 0) is 37.1 Å². The van der Waals surface area contributed by atoms with Crippen LogP contribution in [0.15, 0.2) is 24.3 Å². The molecule has 0 saturated heterocycles. The van der Waals surface area contributed by atoms with Crippen molar-refractivity contribution >= 4 is 63.7 Å². The molecule has 1 N–H and O–H groups in total. The number of ether oxygens (including phenoxy) is 1. The fourth-order valence-electron chi connectivity index (χ4n) is 3.11. The molecule has 0 bridgehead atoms. The Morgan fingerprint density at radius 2 is 1.74 bits per heavy atom. The predicted molar refractivity (Wildman–Crippen MR) is 111 cm³/mol. The monoisotopic (exact) mass is 445 g/mol. The third-order valence-electron chi connectivity index (χ3n) is 4.78. The number of carbonyl (C=O) groups is 2. The minimum absolute atomic E-state index is 0.0688. The first-order valence-corrected chi connectivity index (χ1v) is 10.5. The minimum atomic E-state index is -0.573. The number of esters is 1. The normalized spacial score (nSPS) is 16.0. The summed E-state index contributed by atoms with van der Waals surface area (Å²) in [7, 11) is 0. The number of carbonyl (C=O) groups excluding carboxylic acids is 2. The Kier molecular flexibility index (Phi) is 6.36. The van der Waals surface area contributed by atoms with E-state index >= 15 is 0 Å². The van der Waals surface area contributed by atoms with Gasteiger partial charge in [-0.25, -0.2) is 4.79 Å². The lowest BCUT2D eigenvalue weighted by atomic mass is 9.75. The van der Waals surface area contributed by atoms with Crippen molar-refractivity contribution in [1.29, 1.82) is 0 Å². The second-order valence-corrected chi connectivity index (χ2v) is 9.28. The molecule has 2 aromatic rings. The van der Waals surface area contributed by atoms with Gasteiger partial charge in [-0.15, -0.1) is 11.3 Å². The van der Waals surface area contributed by atoms with Gasteiger partial charge in [0, 0.05) is 5.41 Å². The third-order valence-corrected chi connectivity index (χ3v) is 6.85. The van der Waals surface area contributed by atoms with Crippen LogP contribution in [0, 0.1) is 5.41 Å². The average molecular weight is 447 g/mol. The summed E-state index contributed by atoms with van der Waals surface area (Å²) < 4.78 is 5.79. The summed E-state index contributed by atoms with van der Waals surface area (Å²) in [5, 5.41) is 3.07. The minimum Gasteiger partial charge on any atom is -0.421 e. The lowest BCUT2D eigenvalue weighted by Gasteiger charge is -2.32. The van der Waals surface area contributed by atoms with E-state index in [-0.39, 0.29) is 21.7 Å². The number of benzene rings is 1. The Balaban J connectivity index is 1.74. The number of anilines is 1. The van der Waals surface area contributed by atoms with Crippen molar-refractivity contribution in [2.75, 3.05) is 5.32 Å². The van der Waals surface area contributed by atoms with Crippen molar-refractivity contribution in [2.45, 2.75) is 39.0 Å². The van der Waals surface area contributed by atoms with Crippen molar-refractivity contribution in [3.63, 3.8) is 0 Å². The molecule has 0 radical (unpaired) electrons. The van der Waals surface area contributed by atoms with Crippen LogP contribution in [0.25, 0.3) is 0 Å². The van der Waals surface area contributed by atoms with E-state index in [1.165, 1.54) is 6.07 Å². The van der Waals surface area contributed by atoms with Crippen LogP contribution < -0.4 is 10.1 Å². The maximum Gasteiger partial charge on any atom is 0.353 e. The molecule has 0 aliphatic heterocycles. The van der Waals surface area contributed by atoms with Gasteiger partial charge in [0.15, 0.2) is 5.75 Å². The first-order chi connectivity index (χ1) is 12.8. The largest absolute Gasteiger partial charge is 0.421 e. The molecular formula is C19H18Cl3NO3S. The Morgan fingerprint density at radius 3 is 2.37 bits per heavy atom. The molecule has 1 heterocycles. The Morgan fingerprint density at radius 1 is 1.04 bits per heavy atom. The molecule has 1 aromatic carbocycles. The summed E-state index contributed by atoms with van der Waals surface area (Å²) in [4.78, 5) is 25.2. The van der Waals surface area contributed by atoms with Crippen molar-refractivity contribution in [2.24, 2.45) is 5.41 Å². The van der Waals surface area contributed by atoms with Crippen LogP contribution in [0.5, 0.6) is 5.75 Å². The van der Waals surface area contributed by atoms with Gasteiger partial charge in [0.25, 0.3) is 0 Å². The van der Waals surface area contributed by atoms with Gasteiger partial charge in [0.1, 0.15) is 9.90 Å². The first kappa shape index (κ1) is 20.5. The topological polar surface area (TPSA) is 55.4 Å². The standard InChI is InChI=1S/C19H18Cl3NO3S/c1-19(9-3-2-4-10-19)18(25)23-11-5-6-12(16(22)15(11)21)26-17(24)13-7-8-14(20)27-13/h5-8H,2-4,9-10H2,1H3,(H,23,25). The fraction of sp³-hybridized carbons (Fsp3) is 0.368. The fourth-order valence-corrected chi connectivity index (χ4v) is 4.44. The Bertz CT molecular complexity index is 875. The molecule has 1 amide bonds. The number of nitrogens with one attached hydrogen (secondary N) is 1. The van der Waals surface area contributed by atoms with Crippen LogP contribution in [0.3, 0.4) is 0 Å². The van der Waals surface area contributed by atoms with E-state index in [0.717, 1.165) is 43.4 Å². The lowest BCUT2D eigenvalue weighted by Crippen LogP contribution is -2.35. The van der Waals surface area contributed by atoms with Gasteiger partial charge in [-0.1, -0.05) is 61.0 Å². The van der Waals surface area contributed by atoms with Crippen LogP contribution in [0.1, 0.15) is 48.7 Å². The highest BCUT2D eigenvalue weighted by molar-refractivity contribution is 7.17. The summed E-state index contributed by atoms with van der Waals surface area (Å²) in [5.41, 5.74) is -0.00473. The molecule has 1 aliphatic carbocycles. The van der Waals surface area contributed by atoms with E-state index < -0.39 is 11.4 Å². The number of halogens is 3. The Hall–Kier alpha value is -1.27. The zero-order valence-corrected chi connectivity index (χ0v) is 17.7. The van der Waals surface area contributed by atoms with E-state index in [4.69, 9.17) is 39.5 Å². The maximum absolute atomic E-state index is 12.7. The van der Waals surface area contributed by atoms with E-state index in [2.05, 4.69) is 5.32 Å². The number of hydrogen-bond donors (Lipinski definition) is 1. The molecule has 3 rings (SSSR count). The average Bonchev–Trinajstić information content (AvgIpc) is 3.08. The molecule has 4 nitrogen and oxygen atoms in total. The quantitative estimate of drug-likeness (QED) is 0.413. The van der Waals surface area contributed by atoms with Crippen molar-refractivity contribution in [1.82, 2.24) is 0 Å². The first-order valence-electron chi connectivity index (χ1n) is 8.57. The van der Waals surface area contributed by atoms with Crippen molar-refractivity contribution in [3.05, 3.63) is 43.5 Å². The molecule has 1 aromatic heterocycles. The molecular weight excluding hydrogens is 429 g/mol. The van der Waals surface area contributed by atoms with Crippen LogP contribution in [-0.4, -0.2) is 11.9 Å². The summed E-state index contributed by atoms with van der Waals surface area (Å²) in [6.45, 7) is 1.97. The predicted octanol–water partition coefficient (Wildman–Crippen LogP) is 6.84. The zero-order chi connectivity index (χ0) is 19.6. The summed E-state index contributed by atoms with van der Waals surface area (Å²) >= 11 is 19.5. The van der Waals surface area contributed by atoms with Gasteiger partial charge in [0.2, 0.25) is 5.91 Å². The highest BCUT2D eigenvalue weighted by Crippen LogP contribution is 2.41. The SMILES string of the molecule is CC1(C(=O)Nc2ccc(OC(=O)c3ccc(Cl)s3)c(Cl)c2Cl)CCCCC1. The van der Waals surface area contributed by atoms with Crippen LogP contribution in [0.4, 0.5) is 5.69 Å². The summed E-state index contributed by atoms with van der Waals surface area (Å²) in [6.07, 6.45) is 4.94. The van der Waals surface area contributed by atoms with Crippen LogP contribution >= 0.6 is 46.1 Å². The van der Waals surface area contributed by atoms with Crippen LogP contribution in [-0.2, 0) is 4.79 Å². The summed E-state index contributed by atoms with van der Waals surface area (Å²) in [6, 6.07) is 6.29. The van der Waals surface area contributed by atoms with E-state index in [9.17, 15) is 9.59 Å². The van der Waals surface area contributed by atoms with Gasteiger partial charge in [-0.2, -0.15) is 0 Å². The number of hydrogen-bond acceptors (Lipinski definition) is 4. The molecule has 0 unspecified atom stereocenters. The number of amides is 1.